The first kappa shape index (κ1) is 40.2. The van der Waals surface area contributed by atoms with Crippen LogP contribution in [0.15, 0.2) is 0 Å². The molecule has 3 aliphatic heterocycles. The summed E-state index contributed by atoms with van der Waals surface area (Å²) in [5, 5.41) is 25.3. The van der Waals surface area contributed by atoms with Gasteiger partial charge in [0.05, 0.1) is 54.9 Å². The monoisotopic (exact) mass is 628 g/mol. The normalized spacial score (nSPS) is 34.2. The fourth-order valence-corrected chi connectivity index (χ4v) is 5.92. The molecule has 3 heterocycles. The van der Waals surface area contributed by atoms with Crippen LogP contribution in [0.1, 0.15) is 80.1 Å². The predicted molar refractivity (Wildman–Crippen MR) is 169 cm³/mol. The van der Waals surface area contributed by atoms with Crippen LogP contribution in [-0.4, -0.2) is 110 Å². The summed E-state index contributed by atoms with van der Waals surface area (Å²) in [4.78, 5) is 23.0. The van der Waals surface area contributed by atoms with E-state index in [9.17, 15) is 19.8 Å². The third kappa shape index (κ3) is 13.3. The van der Waals surface area contributed by atoms with Crippen molar-refractivity contribution >= 4 is 11.8 Å². The summed E-state index contributed by atoms with van der Waals surface area (Å²) in [6.45, 7) is 14.1. The minimum absolute atomic E-state index is 0.0198. The average molecular weight is 629 g/mol. The molecule has 0 bridgehead atoms. The lowest BCUT2D eigenvalue weighted by molar-refractivity contribution is -0.123. The van der Waals surface area contributed by atoms with Gasteiger partial charge in [-0.2, -0.15) is 0 Å². The van der Waals surface area contributed by atoms with Crippen molar-refractivity contribution in [3.05, 3.63) is 0 Å². The van der Waals surface area contributed by atoms with Gasteiger partial charge in [0.1, 0.15) is 6.61 Å². The zero-order chi connectivity index (χ0) is 33.2. The summed E-state index contributed by atoms with van der Waals surface area (Å²) in [6.07, 6.45) is 8.56. The maximum absolute atomic E-state index is 11.5. The molecular weight excluding hydrogens is 568 g/mol. The van der Waals surface area contributed by atoms with Crippen LogP contribution in [0, 0.1) is 24.2 Å². The molecule has 3 unspecified atom stereocenters. The maximum Gasteiger partial charge on any atom is 0.220 e. The van der Waals surface area contributed by atoms with E-state index in [1.807, 2.05) is 27.7 Å². The molecule has 11 atom stereocenters. The van der Waals surface area contributed by atoms with Gasteiger partial charge in [0, 0.05) is 57.3 Å². The van der Waals surface area contributed by atoms with Crippen molar-refractivity contribution < 1.29 is 38.7 Å². The van der Waals surface area contributed by atoms with Crippen LogP contribution in [0.2, 0.25) is 0 Å². The molecule has 0 aliphatic carbocycles. The minimum atomic E-state index is -0.548. The van der Waals surface area contributed by atoms with Gasteiger partial charge in [-0.05, 0) is 40.0 Å². The second-order valence-corrected chi connectivity index (χ2v) is 11.8. The number of amides is 2. The smallest absolute Gasteiger partial charge is 0.220 e. The summed E-state index contributed by atoms with van der Waals surface area (Å²) in [6, 6.07) is 0. The van der Waals surface area contributed by atoms with E-state index in [-0.39, 0.29) is 60.3 Å². The number of carbonyl (C=O) groups is 2. The molecule has 8 N–H and O–H groups in total. The summed E-state index contributed by atoms with van der Waals surface area (Å²) < 4.78 is 22.3. The van der Waals surface area contributed by atoms with Gasteiger partial charge in [-0.3, -0.25) is 9.59 Å². The highest BCUT2D eigenvalue weighted by Gasteiger charge is 2.42. The molecule has 0 aromatic rings. The molecule has 2 amide bonds. The summed E-state index contributed by atoms with van der Waals surface area (Å²) in [5.74, 6) is 2.14. The van der Waals surface area contributed by atoms with Gasteiger partial charge < -0.3 is 51.3 Å². The van der Waals surface area contributed by atoms with Crippen molar-refractivity contribution in [1.29, 1.82) is 0 Å². The lowest BCUT2D eigenvalue weighted by Crippen LogP contribution is -2.35. The molecule has 0 aromatic carbocycles. The third-order valence-corrected chi connectivity index (χ3v) is 8.35. The number of aliphatic hydroxyl groups is 2. The highest BCUT2D eigenvalue weighted by molar-refractivity contribution is 5.76. The van der Waals surface area contributed by atoms with E-state index in [0.717, 1.165) is 25.7 Å². The Morgan fingerprint density at radius 2 is 1.34 bits per heavy atom. The number of nitrogens with one attached hydrogen (secondary N) is 2. The number of terminal acetylenes is 1. The number of hydrogen-bond donors (Lipinski definition) is 6. The van der Waals surface area contributed by atoms with Crippen molar-refractivity contribution in [2.75, 3.05) is 32.8 Å². The lowest BCUT2D eigenvalue weighted by Gasteiger charge is -2.18. The van der Waals surface area contributed by atoms with Crippen LogP contribution in [0.4, 0.5) is 0 Å². The van der Waals surface area contributed by atoms with Crippen LogP contribution in [0.5, 0.6) is 0 Å². The van der Waals surface area contributed by atoms with Gasteiger partial charge >= 0.3 is 0 Å². The molecule has 3 rings (SSSR count). The van der Waals surface area contributed by atoms with Crippen molar-refractivity contribution in [3.8, 4) is 12.3 Å². The van der Waals surface area contributed by atoms with Gasteiger partial charge in [-0.1, -0.05) is 26.7 Å². The molecule has 44 heavy (non-hydrogen) atoms. The van der Waals surface area contributed by atoms with E-state index in [1.165, 1.54) is 0 Å². The summed E-state index contributed by atoms with van der Waals surface area (Å²) in [5.41, 5.74) is 10.6. The molecule has 0 aromatic heterocycles. The fraction of sp³-hybridized carbons (Fsp3) is 0.875. The van der Waals surface area contributed by atoms with Crippen molar-refractivity contribution in [1.82, 2.24) is 10.6 Å². The molecule has 0 spiro atoms. The Balaban J connectivity index is 0.000000334. The lowest BCUT2D eigenvalue weighted by atomic mass is 9.91. The summed E-state index contributed by atoms with van der Waals surface area (Å²) >= 11 is 0. The second-order valence-electron chi connectivity index (χ2n) is 11.8. The quantitative estimate of drug-likeness (QED) is 0.160. The Labute approximate surface area is 264 Å². The Bertz CT molecular complexity index is 859. The molecule has 3 fully saturated rings. The first-order valence-corrected chi connectivity index (χ1v) is 16.3. The van der Waals surface area contributed by atoms with Crippen LogP contribution >= 0.6 is 0 Å². The minimum Gasteiger partial charge on any atom is -0.390 e. The molecule has 0 saturated carbocycles. The zero-order valence-electron chi connectivity index (χ0n) is 27.7. The van der Waals surface area contributed by atoms with Crippen LogP contribution < -0.4 is 22.1 Å². The third-order valence-electron chi connectivity index (χ3n) is 8.35. The van der Waals surface area contributed by atoms with E-state index in [0.29, 0.717) is 51.7 Å². The largest absolute Gasteiger partial charge is 0.390 e. The van der Waals surface area contributed by atoms with Crippen LogP contribution in [0.3, 0.4) is 0 Å². The van der Waals surface area contributed by atoms with Gasteiger partial charge in [0.2, 0.25) is 11.8 Å². The van der Waals surface area contributed by atoms with Gasteiger partial charge in [0.25, 0.3) is 0 Å². The van der Waals surface area contributed by atoms with Crippen LogP contribution in [-0.2, 0) is 28.5 Å². The standard InChI is InChI=1S/2C11H22N2O3.C10H16O2/c1-3-9-8(11(15)7(2)16-9)6-10(14)13-5-4-12;1-3-9-11(15)8(7(2)16-9)6-10(14)13-5-4-12;1-4-6-11-10-7-8(3)12-9(10)5-2/h2*7-9,11,15H,3-6,12H2,1-2H3,(H,13,14);1,8-10H,5-7H2,2-3H3/t7-,8?,9+,11+;7-,8+,9+,11?;8-,9+,10?/m000/s1. The van der Waals surface area contributed by atoms with E-state index >= 15 is 0 Å². The average Bonchev–Trinajstić information content (AvgIpc) is 3.61. The number of carbonyl (C=O) groups excluding carboxylic acids is 2. The maximum atomic E-state index is 11.5. The first-order chi connectivity index (χ1) is 21.0. The van der Waals surface area contributed by atoms with E-state index in [4.69, 9.17) is 36.8 Å². The second kappa shape index (κ2) is 21.8. The Kier molecular flexibility index (Phi) is 20.0. The van der Waals surface area contributed by atoms with Gasteiger partial charge in [0.15, 0.2) is 0 Å². The van der Waals surface area contributed by atoms with Crippen LogP contribution in [0.25, 0.3) is 0 Å². The number of aliphatic hydroxyl groups excluding tert-OH is 2. The first-order valence-electron chi connectivity index (χ1n) is 16.3. The van der Waals surface area contributed by atoms with Crippen molar-refractivity contribution in [2.24, 2.45) is 23.3 Å². The SMILES string of the molecule is C#CCOC1C[C@H](C)O[C@@H]1CC.CC[C@H]1O[C@@H](C)[C@@H](CC(=O)NCCN)C1O.CC[C@H]1O[C@@H](C)[C@@H](O)C1CC(=O)NCCN. The highest BCUT2D eigenvalue weighted by atomic mass is 16.6. The molecule has 12 heteroatoms. The van der Waals surface area contributed by atoms with Gasteiger partial charge in [-0.25, -0.2) is 0 Å². The summed E-state index contributed by atoms with van der Waals surface area (Å²) in [7, 11) is 0. The molecule has 3 saturated heterocycles. The van der Waals surface area contributed by atoms with E-state index in [2.05, 4.69) is 30.4 Å². The van der Waals surface area contributed by atoms with Gasteiger partial charge in [-0.15, -0.1) is 6.42 Å². The predicted octanol–water partition coefficient (Wildman–Crippen LogP) is 0.844. The molecule has 0 radical (unpaired) electrons. The highest BCUT2D eigenvalue weighted by Crippen LogP contribution is 2.32. The van der Waals surface area contributed by atoms with E-state index < -0.39 is 12.2 Å². The zero-order valence-corrected chi connectivity index (χ0v) is 27.7. The van der Waals surface area contributed by atoms with Crippen molar-refractivity contribution in [3.63, 3.8) is 0 Å². The topological polar surface area (TPSA) is 188 Å². The molecule has 3 aliphatic rings. The van der Waals surface area contributed by atoms with E-state index in [1.54, 1.807) is 0 Å². The number of nitrogens with two attached hydrogens (primary N) is 2. The Morgan fingerprint density at radius 3 is 1.82 bits per heavy atom. The Hall–Kier alpha value is -1.82. The Morgan fingerprint density at radius 1 is 0.818 bits per heavy atom. The van der Waals surface area contributed by atoms with Crippen molar-refractivity contribution in [2.45, 2.75) is 135 Å². The number of rotatable bonds is 13. The molecule has 256 valence electrons. The number of ether oxygens (including phenoxy) is 4. The number of hydrogen-bond acceptors (Lipinski definition) is 10. The molecule has 12 nitrogen and oxygen atoms in total. The molecular formula is C32H60N4O8. The fourth-order valence-electron chi connectivity index (χ4n) is 5.92.